The van der Waals surface area contributed by atoms with Crippen LogP contribution in [0.1, 0.15) is 23.0 Å². The van der Waals surface area contributed by atoms with Gasteiger partial charge in [0.25, 0.3) is 0 Å². The van der Waals surface area contributed by atoms with Crippen molar-refractivity contribution in [1.29, 1.82) is 10.7 Å². The van der Waals surface area contributed by atoms with Gasteiger partial charge in [0.1, 0.15) is 17.5 Å². The standard InChI is InChI=1S/C15H13BrN4O2/c1-7-19-13-12(9-5-8(21-2)3-4-11(9)16)10(6-17)14(18)22-15(13)20-7/h3-5,10,12,18H,1-2H3,(H,19,20). The molecule has 0 bridgehead atoms. The van der Waals surface area contributed by atoms with E-state index >= 15 is 0 Å². The number of hydrogen-bond acceptors (Lipinski definition) is 5. The minimum atomic E-state index is -0.726. The number of aromatic amines is 1. The number of nitrogens with one attached hydrogen (secondary N) is 2. The van der Waals surface area contributed by atoms with Crippen LogP contribution < -0.4 is 9.47 Å². The summed E-state index contributed by atoms with van der Waals surface area (Å²) >= 11 is 3.52. The second kappa shape index (κ2) is 5.46. The number of H-pyrrole nitrogens is 1. The maximum absolute atomic E-state index is 9.49. The molecule has 3 rings (SSSR count). The van der Waals surface area contributed by atoms with Gasteiger partial charge in [0.05, 0.1) is 24.8 Å². The monoisotopic (exact) mass is 360 g/mol. The van der Waals surface area contributed by atoms with E-state index in [2.05, 4.69) is 32.0 Å². The van der Waals surface area contributed by atoms with E-state index in [0.29, 0.717) is 23.1 Å². The smallest absolute Gasteiger partial charge is 0.242 e. The summed E-state index contributed by atoms with van der Waals surface area (Å²) < 4.78 is 11.5. The minimum Gasteiger partial charge on any atom is -0.497 e. The fourth-order valence-corrected chi connectivity index (χ4v) is 3.11. The topological polar surface area (TPSA) is 94.8 Å². The van der Waals surface area contributed by atoms with Gasteiger partial charge >= 0.3 is 0 Å². The normalized spacial score (nSPS) is 20.0. The molecule has 0 radical (unpaired) electrons. The third-order valence-electron chi connectivity index (χ3n) is 3.63. The van der Waals surface area contributed by atoms with Gasteiger partial charge in [0, 0.05) is 4.47 Å². The molecule has 0 fully saturated rings. The summed E-state index contributed by atoms with van der Waals surface area (Å²) in [6.45, 7) is 1.81. The molecule has 7 heteroatoms. The molecule has 6 nitrogen and oxygen atoms in total. The summed E-state index contributed by atoms with van der Waals surface area (Å²) in [7, 11) is 1.59. The van der Waals surface area contributed by atoms with Crippen molar-refractivity contribution in [1.82, 2.24) is 9.97 Å². The molecule has 0 saturated heterocycles. The van der Waals surface area contributed by atoms with E-state index in [0.717, 1.165) is 10.0 Å². The Hall–Kier alpha value is -2.33. The van der Waals surface area contributed by atoms with E-state index in [1.165, 1.54) is 0 Å². The molecule has 0 amide bonds. The highest BCUT2D eigenvalue weighted by molar-refractivity contribution is 9.10. The lowest BCUT2D eigenvalue weighted by Gasteiger charge is -2.27. The zero-order valence-corrected chi connectivity index (χ0v) is 13.6. The van der Waals surface area contributed by atoms with Crippen LogP contribution in [0, 0.1) is 29.6 Å². The van der Waals surface area contributed by atoms with Crippen LogP contribution >= 0.6 is 15.9 Å². The summed E-state index contributed by atoms with van der Waals surface area (Å²) in [5, 5.41) is 17.5. The number of benzene rings is 1. The second-order valence-electron chi connectivity index (χ2n) is 4.98. The summed E-state index contributed by atoms with van der Waals surface area (Å²) in [6.07, 6.45) is 0. The van der Waals surface area contributed by atoms with Crippen molar-refractivity contribution >= 4 is 21.8 Å². The van der Waals surface area contributed by atoms with Crippen molar-refractivity contribution < 1.29 is 9.47 Å². The molecule has 2 unspecified atom stereocenters. The lowest BCUT2D eigenvalue weighted by atomic mass is 9.82. The van der Waals surface area contributed by atoms with Gasteiger partial charge in [0.15, 0.2) is 0 Å². The molecule has 1 aliphatic heterocycles. The number of aromatic nitrogens is 2. The first-order valence-corrected chi connectivity index (χ1v) is 7.40. The van der Waals surface area contributed by atoms with Crippen molar-refractivity contribution in [2.45, 2.75) is 12.8 Å². The van der Waals surface area contributed by atoms with Crippen molar-refractivity contribution in [2.75, 3.05) is 7.11 Å². The van der Waals surface area contributed by atoms with Gasteiger partial charge in [-0.15, -0.1) is 0 Å². The molecule has 112 valence electrons. The van der Waals surface area contributed by atoms with Gasteiger partial charge in [-0.3, -0.25) is 5.41 Å². The van der Waals surface area contributed by atoms with Crippen molar-refractivity contribution in [2.24, 2.45) is 5.92 Å². The number of imidazole rings is 1. The zero-order valence-electron chi connectivity index (χ0n) is 12.0. The minimum absolute atomic E-state index is 0.0961. The Morgan fingerprint density at radius 3 is 2.95 bits per heavy atom. The molecule has 1 aromatic carbocycles. The second-order valence-corrected chi connectivity index (χ2v) is 5.83. The third kappa shape index (κ3) is 2.25. The van der Waals surface area contributed by atoms with E-state index in [4.69, 9.17) is 14.9 Å². The van der Waals surface area contributed by atoms with Gasteiger partial charge in [-0.05, 0) is 30.7 Å². The van der Waals surface area contributed by atoms with Crippen LogP contribution in [0.2, 0.25) is 0 Å². The van der Waals surface area contributed by atoms with Gasteiger partial charge < -0.3 is 14.5 Å². The molecule has 0 spiro atoms. The average Bonchev–Trinajstić information content (AvgIpc) is 2.86. The lowest BCUT2D eigenvalue weighted by Crippen LogP contribution is -2.31. The molecule has 2 heterocycles. The highest BCUT2D eigenvalue weighted by Crippen LogP contribution is 2.43. The number of ether oxygens (including phenoxy) is 2. The van der Waals surface area contributed by atoms with Crippen molar-refractivity contribution in [3.8, 4) is 17.7 Å². The third-order valence-corrected chi connectivity index (χ3v) is 4.35. The van der Waals surface area contributed by atoms with Crippen LogP contribution in [0.5, 0.6) is 11.6 Å². The number of nitrogens with zero attached hydrogens (tertiary/aromatic N) is 2. The molecular formula is C15H13BrN4O2. The molecule has 0 aliphatic carbocycles. The maximum atomic E-state index is 9.49. The Bertz CT molecular complexity index is 793. The SMILES string of the molecule is COc1ccc(Br)c(C2c3[nH]c(C)nc3OC(=N)C2C#N)c1. The van der Waals surface area contributed by atoms with Gasteiger partial charge in [-0.2, -0.15) is 10.2 Å². The summed E-state index contributed by atoms with van der Waals surface area (Å²) in [5.74, 6) is 0.531. The molecule has 0 saturated carbocycles. The summed E-state index contributed by atoms with van der Waals surface area (Å²) in [6, 6.07) is 7.71. The number of rotatable bonds is 2. The van der Waals surface area contributed by atoms with Crippen LogP contribution in [-0.2, 0) is 0 Å². The molecular weight excluding hydrogens is 348 g/mol. The van der Waals surface area contributed by atoms with Crippen LogP contribution in [0.4, 0.5) is 0 Å². The zero-order chi connectivity index (χ0) is 15.9. The number of methoxy groups -OCH3 is 1. The Kier molecular flexibility index (Phi) is 3.62. The Labute approximate surface area is 135 Å². The highest BCUT2D eigenvalue weighted by atomic mass is 79.9. The van der Waals surface area contributed by atoms with E-state index in [1.54, 1.807) is 7.11 Å². The van der Waals surface area contributed by atoms with Gasteiger partial charge in [-0.25, -0.2) is 0 Å². The van der Waals surface area contributed by atoms with Crippen molar-refractivity contribution in [3.05, 3.63) is 39.8 Å². The van der Waals surface area contributed by atoms with Crippen molar-refractivity contribution in [3.63, 3.8) is 0 Å². The molecule has 2 aromatic rings. The van der Waals surface area contributed by atoms with E-state index in [1.807, 2.05) is 25.1 Å². The van der Waals surface area contributed by atoms with E-state index in [9.17, 15) is 5.26 Å². The first-order chi connectivity index (χ1) is 10.5. The first kappa shape index (κ1) is 14.6. The number of aryl methyl sites for hydroxylation is 1. The molecule has 2 N–H and O–H groups in total. The molecule has 2 atom stereocenters. The summed E-state index contributed by atoms with van der Waals surface area (Å²) in [5.41, 5.74) is 1.55. The molecule has 1 aromatic heterocycles. The first-order valence-electron chi connectivity index (χ1n) is 6.61. The lowest BCUT2D eigenvalue weighted by molar-refractivity contribution is 0.411. The fraction of sp³-hybridized carbons (Fsp3) is 0.267. The quantitative estimate of drug-likeness (QED) is 0.859. The van der Waals surface area contributed by atoms with Gasteiger partial charge in [-0.1, -0.05) is 15.9 Å². The predicted octanol–water partition coefficient (Wildman–Crippen LogP) is 3.13. The van der Waals surface area contributed by atoms with E-state index < -0.39 is 5.92 Å². The Balaban J connectivity index is 2.22. The Morgan fingerprint density at radius 2 is 2.27 bits per heavy atom. The average molecular weight is 361 g/mol. The maximum Gasteiger partial charge on any atom is 0.242 e. The largest absolute Gasteiger partial charge is 0.497 e. The van der Waals surface area contributed by atoms with E-state index in [-0.39, 0.29) is 11.8 Å². The highest BCUT2D eigenvalue weighted by Gasteiger charge is 2.40. The van der Waals surface area contributed by atoms with Crippen LogP contribution in [-0.4, -0.2) is 23.0 Å². The molecule has 22 heavy (non-hydrogen) atoms. The van der Waals surface area contributed by atoms with Crippen LogP contribution in [0.3, 0.4) is 0 Å². The molecule has 1 aliphatic rings. The van der Waals surface area contributed by atoms with Crippen LogP contribution in [0.15, 0.2) is 22.7 Å². The Morgan fingerprint density at radius 1 is 1.50 bits per heavy atom. The number of fused-ring (bicyclic) bond motifs is 1. The number of nitriles is 1. The number of hydrogen-bond donors (Lipinski definition) is 2. The van der Waals surface area contributed by atoms with Crippen LogP contribution in [0.25, 0.3) is 0 Å². The number of halogens is 1. The predicted molar refractivity (Wildman–Crippen MR) is 83.3 cm³/mol. The van der Waals surface area contributed by atoms with Gasteiger partial charge in [0.2, 0.25) is 11.8 Å². The fourth-order valence-electron chi connectivity index (χ4n) is 2.62. The summed E-state index contributed by atoms with van der Waals surface area (Å²) in [4.78, 5) is 7.39.